The Bertz CT molecular complexity index is 800. The summed E-state index contributed by atoms with van der Waals surface area (Å²) in [7, 11) is 5.93. The van der Waals surface area contributed by atoms with Crippen molar-refractivity contribution in [2.75, 3.05) is 37.9 Å². The molecule has 0 aliphatic carbocycles. The van der Waals surface area contributed by atoms with E-state index in [1.807, 2.05) is 58.1 Å². The number of benzene rings is 2. The fourth-order valence-corrected chi connectivity index (χ4v) is 2.88. The van der Waals surface area contributed by atoms with E-state index in [9.17, 15) is 9.59 Å². The summed E-state index contributed by atoms with van der Waals surface area (Å²) in [5.41, 5.74) is 5.07. The number of rotatable bonds is 6. The second-order valence-electron chi connectivity index (χ2n) is 7.19. The van der Waals surface area contributed by atoms with Crippen LogP contribution in [-0.4, -0.2) is 39.6 Å². The van der Waals surface area contributed by atoms with Crippen LogP contribution in [0.25, 0.3) is 0 Å². The second-order valence-corrected chi connectivity index (χ2v) is 7.19. The Kier molecular flexibility index (Phi) is 6.96. The highest BCUT2D eigenvalue weighted by Crippen LogP contribution is 2.15. The third-order valence-corrected chi connectivity index (χ3v) is 4.30. The molecule has 2 aromatic rings. The molecule has 27 heavy (non-hydrogen) atoms. The Labute approximate surface area is 161 Å². The van der Waals surface area contributed by atoms with E-state index in [1.165, 1.54) is 0 Å². The lowest BCUT2D eigenvalue weighted by Crippen LogP contribution is -3.09. The number of hydrogen-bond acceptors (Lipinski definition) is 3. The van der Waals surface area contributed by atoms with Crippen molar-refractivity contribution in [2.45, 2.75) is 20.4 Å². The molecular formula is C21H29N4O2+. The van der Waals surface area contributed by atoms with Gasteiger partial charge in [-0.2, -0.15) is 0 Å². The van der Waals surface area contributed by atoms with E-state index in [-0.39, 0.29) is 12.5 Å². The van der Waals surface area contributed by atoms with Crippen LogP contribution in [0, 0.1) is 13.8 Å². The number of nitrogens with zero attached hydrogens (tertiary/aromatic N) is 1. The second kappa shape index (κ2) is 9.19. The Hall–Kier alpha value is -2.86. The van der Waals surface area contributed by atoms with Gasteiger partial charge in [0.25, 0.3) is 5.91 Å². The maximum Gasteiger partial charge on any atom is 0.326 e. The largest absolute Gasteiger partial charge is 0.378 e. The standard InChI is InChI=1S/C21H28N4O2/c1-15-6-11-19(16(2)12-15)22-21(27)23-20(26)14-25(5)13-17-7-9-18(10-8-17)24(3)4/h6-12H,13-14H2,1-5H3,(H2,22,23,26,27)/p+1. The van der Waals surface area contributed by atoms with Gasteiger partial charge in [-0.05, 0) is 37.6 Å². The summed E-state index contributed by atoms with van der Waals surface area (Å²) >= 11 is 0. The van der Waals surface area contributed by atoms with Gasteiger partial charge in [-0.15, -0.1) is 0 Å². The molecule has 0 aliphatic heterocycles. The molecule has 3 N–H and O–H groups in total. The number of aryl methyl sites for hydroxylation is 2. The minimum Gasteiger partial charge on any atom is -0.378 e. The molecule has 1 atom stereocenters. The number of quaternary nitrogens is 1. The Morgan fingerprint density at radius 2 is 1.70 bits per heavy atom. The van der Waals surface area contributed by atoms with Crippen LogP contribution in [0.1, 0.15) is 16.7 Å². The van der Waals surface area contributed by atoms with Crippen LogP contribution in [0.5, 0.6) is 0 Å². The van der Waals surface area contributed by atoms with Crippen LogP contribution in [0.15, 0.2) is 42.5 Å². The van der Waals surface area contributed by atoms with E-state index in [4.69, 9.17) is 0 Å². The number of imide groups is 1. The summed E-state index contributed by atoms with van der Waals surface area (Å²) in [6.07, 6.45) is 0. The van der Waals surface area contributed by atoms with Crippen LogP contribution in [0.3, 0.4) is 0 Å². The summed E-state index contributed by atoms with van der Waals surface area (Å²) in [6, 6.07) is 13.5. The molecule has 2 aromatic carbocycles. The molecule has 0 saturated heterocycles. The number of carbonyl (C=O) groups excluding carboxylic acids is 2. The Morgan fingerprint density at radius 3 is 2.30 bits per heavy atom. The van der Waals surface area contributed by atoms with Crippen molar-refractivity contribution in [1.29, 1.82) is 0 Å². The van der Waals surface area contributed by atoms with Crippen molar-refractivity contribution in [3.05, 3.63) is 59.2 Å². The Balaban J connectivity index is 1.82. The number of urea groups is 1. The summed E-state index contributed by atoms with van der Waals surface area (Å²) in [4.78, 5) is 27.2. The zero-order chi connectivity index (χ0) is 20.0. The summed E-state index contributed by atoms with van der Waals surface area (Å²) in [5.74, 6) is -0.306. The van der Waals surface area contributed by atoms with Gasteiger partial charge in [-0.1, -0.05) is 29.8 Å². The fourth-order valence-electron chi connectivity index (χ4n) is 2.88. The lowest BCUT2D eigenvalue weighted by atomic mass is 10.1. The van der Waals surface area contributed by atoms with E-state index in [1.54, 1.807) is 0 Å². The quantitative estimate of drug-likeness (QED) is 0.727. The smallest absolute Gasteiger partial charge is 0.326 e. The molecule has 144 valence electrons. The topological polar surface area (TPSA) is 65.9 Å². The molecule has 3 amide bonds. The summed E-state index contributed by atoms with van der Waals surface area (Å²) in [6.45, 7) is 4.84. The monoisotopic (exact) mass is 369 g/mol. The van der Waals surface area contributed by atoms with Crippen molar-refractivity contribution >= 4 is 23.3 Å². The third kappa shape index (κ3) is 6.42. The van der Waals surface area contributed by atoms with Crippen LogP contribution in [-0.2, 0) is 11.3 Å². The van der Waals surface area contributed by atoms with Crippen molar-refractivity contribution in [2.24, 2.45) is 0 Å². The molecule has 0 heterocycles. The van der Waals surface area contributed by atoms with Gasteiger partial charge in [0.2, 0.25) is 0 Å². The molecule has 0 bridgehead atoms. The van der Waals surface area contributed by atoms with Crippen molar-refractivity contribution in [3.8, 4) is 0 Å². The number of carbonyl (C=O) groups is 2. The first kappa shape index (κ1) is 20.5. The van der Waals surface area contributed by atoms with E-state index in [0.717, 1.165) is 27.3 Å². The molecule has 2 rings (SSSR count). The highest BCUT2D eigenvalue weighted by Gasteiger charge is 2.14. The molecular weight excluding hydrogens is 340 g/mol. The first-order valence-corrected chi connectivity index (χ1v) is 9.00. The minimum absolute atomic E-state index is 0.218. The van der Waals surface area contributed by atoms with Gasteiger partial charge in [0.05, 0.1) is 7.05 Å². The molecule has 0 radical (unpaired) electrons. The summed E-state index contributed by atoms with van der Waals surface area (Å²) in [5, 5.41) is 5.12. The highest BCUT2D eigenvalue weighted by molar-refractivity contribution is 6.01. The van der Waals surface area contributed by atoms with Crippen molar-refractivity contribution in [3.63, 3.8) is 0 Å². The Morgan fingerprint density at radius 1 is 1.04 bits per heavy atom. The molecule has 0 aliphatic rings. The molecule has 6 heteroatoms. The SMILES string of the molecule is Cc1ccc(NC(=O)NC(=O)C[NH+](C)Cc2ccc(N(C)C)cc2)c(C)c1. The predicted octanol–water partition coefficient (Wildman–Crippen LogP) is 1.73. The molecule has 1 unspecified atom stereocenters. The molecule has 0 spiro atoms. The average Bonchev–Trinajstić information content (AvgIpc) is 2.57. The lowest BCUT2D eigenvalue weighted by Gasteiger charge is -2.16. The molecule has 6 nitrogen and oxygen atoms in total. The van der Waals surface area contributed by atoms with E-state index >= 15 is 0 Å². The number of anilines is 2. The highest BCUT2D eigenvalue weighted by atomic mass is 16.2. The predicted molar refractivity (Wildman–Crippen MR) is 109 cm³/mol. The normalized spacial score (nSPS) is 11.6. The van der Waals surface area contributed by atoms with Gasteiger partial charge in [-0.3, -0.25) is 10.1 Å². The van der Waals surface area contributed by atoms with Crippen LogP contribution in [0.4, 0.5) is 16.2 Å². The maximum absolute atomic E-state index is 12.1. The lowest BCUT2D eigenvalue weighted by molar-refractivity contribution is -0.885. The molecule has 0 aromatic heterocycles. The van der Waals surface area contributed by atoms with Gasteiger partial charge < -0.3 is 15.1 Å². The fraction of sp³-hybridized carbons (Fsp3) is 0.333. The number of likely N-dealkylation sites (N-methyl/N-ethyl adjacent to an activating group) is 1. The van der Waals surface area contributed by atoms with E-state index in [2.05, 4.69) is 34.9 Å². The van der Waals surface area contributed by atoms with Crippen molar-refractivity contribution < 1.29 is 14.5 Å². The number of hydrogen-bond donors (Lipinski definition) is 3. The zero-order valence-electron chi connectivity index (χ0n) is 16.7. The first-order chi connectivity index (χ1) is 12.7. The van der Waals surface area contributed by atoms with Crippen molar-refractivity contribution in [1.82, 2.24) is 5.32 Å². The van der Waals surface area contributed by atoms with Gasteiger partial charge in [-0.25, -0.2) is 4.79 Å². The van der Waals surface area contributed by atoms with Gasteiger partial charge >= 0.3 is 6.03 Å². The first-order valence-electron chi connectivity index (χ1n) is 9.00. The van der Waals surface area contributed by atoms with Gasteiger partial charge in [0, 0.05) is 31.0 Å². The maximum atomic E-state index is 12.1. The number of amides is 3. The zero-order valence-corrected chi connectivity index (χ0v) is 16.7. The average molecular weight is 369 g/mol. The summed E-state index contributed by atoms with van der Waals surface area (Å²) < 4.78 is 0. The minimum atomic E-state index is -0.505. The molecule has 0 fully saturated rings. The third-order valence-electron chi connectivity index (χ3n) is 4.30. The van der Waals surface area contributed by atoms with Crippen LogP contribution in [0.2, 0.25) is 0 Å². The van der Waals surface area contributed by atoms with Gasteiger partial charge in [0.15, 0.2) is 6.54 Å². The van der Waals surface area contributed by atoms with Gasteiger partial charge in [0.1, 0.15) is 6.54 Å². The van der Waals surface area contributed by atoms with E-state index in [0.29, 0.717) is 12.2 Å². The van der Waals surface area contributed by atoms with Crippen LogP contribution < -0.4 is 20.4 Å². The number of nitrogens with one attached hydrogen (secondary N) is 3. The van der Waals surface area contributed by atoms with E-state index < -0.39 is 6.03 Å². The molecule has 0 saturated carbocycles. The van der Waals surface area contributed by atoms with Crippen LogP contribution >= 0.6 is 0 Å².